The molecule has 0 saturated carbocycles. The number of urea groups is 1. The van der Waals surface area contributed by atoms with Gasteiger partial charge >= 0.3 is 6.03 Å². The highest BCUT2D eigenvalue weighted by molar-refractivity contribution is 5.94. The van der Waals surface area contributed by atoms with Crippen molar-refractivity contribution in [3.63, 3.8) is 0 Å². The van der Waals surface area contributed by atoms with Crippen LogP contribution in [0.25, 0.3) is 0 Å². The first kappa shape index (κ1) is 16.2. The predicted molar refractivity (Wildman–Crippen MR) is 83.5 cm³/mol. The van der Waals surface area contributed by atoms with Crippen molar-refractivity contribution in [3.8, 4) is 0 Å². The first-order valence-electron chi connectivity index (χ1n) is 7.48. The summed E-state index contributed by atoms with van der Waals surface area (Å²) < 4.78 is 0. The van der Waals surface area contributed by atoms with E-state index in [4.69, 9.17) is 0 Å². The molecule has 0 aliphatic carbocycles. The number of amides is 3. The zero-order valence-electron chi connectivity index (χ0n) is 13.1. The maximum absolute atomic E-state index is 12.2. The van der Waals surface area contributed by atoms with Gasteiger partial charge in [0.1, 0.15) is 0 Å². The molecule has 1 aromatic rings. The molecule has 1 saturated heterocycles. The van der Waals surface area contributed by atoms with Crippen LogP contribution in [-0.2, 0) is 6.54 Å². The van der Waals surface area contributed by atoms with E-state index in [9.17, 15) is 9.59 Å². The second kappa shape index (κ2) is 7.74. The van der Waals surface area contributed by atoms with Gasteiger partial charge in [-0.2, -0.15) is 0 Å². The summed E-state index contributed by atoms with van der Waals surface area (Å²) in [5.41, 5.74) is 1.22. The summed E-state index contributed by atoms with van der Waals surface area (Å²) in [5, 5.41) is 9.02. The normalized spacial score (nSPS) is 17.6. The first-order valence-corrected chi connectivity index (χ1v) is 7.48. The van der Waals surface area contributed by atoms with Gasteiger partial charge in [-0.25, -0.2) is 4.79 Å². The number of nitrogens with zero attached hydrogens (tertiary/aromatic N) is 2. The molecule has 0 spiro atoms. The molecule has 22 heavy (non-hydrogen) atoms. The summed E-state index contributed by atoms with van der Waals surface area (Å²) in [6.07, 6.45) is 3.66. The fourth-order valence-corrected chi connectivity index (χ4v) is 2.28. The van der Waals surface area contributed by atoms with Crippen LogP contribution in [0, 0.1) is 0 Å². The number of aromatic nitrogens is 1. The summed E-state index contributed by atoms with van der Waals surface area (Å²) in [7, 11) is 3.34. The number of nitrogens with one attached hydrogen (secondary N) is 3. The van der Waals surface area contributed by atoms with Crippen molar-refractivity contribution in [2.75, 3.05) is 27.2 Å². The van der Waals surface area contributed by atoms with Crippen LogP contribution in [0.1, 0.15) is 28.9 Å². The Morgan fingerprint density at radius 1 is 1.45 bits per heavy atom. The molecule has 1 aliphatic heterocycles. The van der Waals surface area contributed by atoms with Crippen molar-refractivity contribution >= 4 is 11.9 Å². The quantitative estimate of drug-likeness (QED) is 0.748. The maximum atomic E-state index is 12.2. The zero-order valence-corrected chi connectivity index (χ0v) is 13.1. The smallest absolute Gasteiger partial charge is 0.317 e. The monoisotopic (exact) mass is 305 g/mol. The van der Waals surface area contributed by atoms with Crippen molar-refractivity contribution in [1.29, 1.82) is 0 Å². The van der Waals surface area contributed by atoms with Crippen LogP contribution in [-0.4, -0.2) is 55.0 Å². The summed E-state index contributed by atoms with van der Waals surface area (Å²) >= 11 is 0. The molecule has 2 heterocycles. The van der Waals surface area contributed by atoms with Crippen LogP contribution < -0.4 is 16.0 Å². The number of hydrogen-bond acceptors (Lipinski definition) is 4. The van der Waals surface area contributed by atoms with Crippen LogP contribution in [0.5, 0.6) is 0 Å². The molecule has 0 aromatic carbocycles. The number of rotatable bonds is 4. The Kier molecular flexibility index (Phi) is 5.71. The van der Waals surface area contributed by atoms with Crippen LogP contribution in [0.15, 0.2) is 18.3 Å². The molecule has 1 aromatic heterocycles. The van der Waals surface area contributed by atoms with Gasteiger partial charge in [0, 0.05) is 38.4 Å². The highest BCUT2D eigenvalue weighted by Gasteiger charge is 2.16. The molecule has 2 rings (SSSR count). The number of carbonyl (C=O) groups excluding carboxylic acids is 2. The van der Waals surface area contributed by atoms with E-state index in [0.29, 0.717) is 17.8 Å². The zero-order chi connectivity index (χ0) is 15.9. The summed E-state index contributed by atoms with van der Waals surface area (Å²) in [5.74, 6) is -0.101. The molecular weight excluding hydrogens is 282 g/mol. The lowest BCUT2D eigenvalue weighted by molar-refractivity contribution is 0.0930. The third kappa shape index (κ3) is 4.70. The minimum Gasteiger partial charge on any atom is -0.348 e. The van der Waals surface area contributed by atoms with Crippen molar-refractivity contribution in [1.82, 2.24) is 25.8 Å². The highest BCUT2D eigenvalue weighted by Crippen LogP contribution is 2.06. The van der Waals surface area contributed by atoms with Crippen molar-refractivity contribution in [3.05, 3.63) is 29.6 Å². The Morgan fingerprint density at radius 2 is 2.27 bits per heavy atom. The van der Waals surface area contributed by atoms with E-state index in [1.807, 2.05) is 0 Å². The largest absolute Gasteiger partial charge is 0.348 e. The van der Waals surface area contributed by atoms with E-state index < -0.39 is 0 Å². The minimum absolute atomic E-state index is 0.101. The van der Waals surface area contributed by atoms with Gasteiger partial charge in [-0.15, -0.1) is 0 Å². The predicted octanol–water partition coefficient (Wildman–Crippen LogP) is 0.335. The molecule has 1 fully saturated rings. The SMILES string of the molecule is CN(C)C(=O)NCc1cc(C(=O)NC2CCCNC2)ccn1. The second-order valence-electron chi connectivity index (χ2n) is 5.61. The lowest BCUT2D eigenvalue weighted by Gasteiger charge is -2.23. The van der Waals surface area contributed by atoms with Crippen LogP contribution in [0.2, 0.25) is 0 Å². The Hall–Kier alpha value is -2.15. The molecule has 120 valence electrons. The van der Waals surface area contributed by atoms with Crippen LogP contribution in [0.4, 0.5) is 4.79 Å². The molecular formula is C15H23N5O2. The molecule has 7 nitrogen and oxygen atoms in total. The first-order chi connectivity index (χ1) is 10.6. The molecule has 3 N–H and O–H groups in total. The Labute approximate surface area is 130 Å². The van der Waals surface area contributed by atoms with Gasteiger partial charge in [0.25, 0.3) is 5.91 Å². The van der Waals surface area contributed by atoms with E-state index in [2.05, 4.69) is 20.9 Å². The number of carbonyl (C=O) groups is 2. The van der Waals surface area contributed by atoms with E-state index in [1.54, 1.807) is 32.4 Å². The average Bonchev–Trinajstić information content (AvgIpc) is 2.53. The molecule has 7 heteroatoms. The minimum atomic E-state index is -0.190. The molecule has 0 bridgehead atoms. The van der Waals surface area contributed by atoms with Gasteiger partial charge in [0.05, 0.1) is 12.2 Å². The lowest BCUT2D eigenvalue weighted by atomic mass is 10.1. The Morgan fingerprint density at radius 3 is 2.95 bits per heavy atom. The highest BCUT2D eigenvalue weighted by atomic mass is 16.2. The number of pyridine rings is 1. The van der Waals surface area contributed by atoms with Crippen molar-refractivity contribution in [2.45, 2.75) is 25.4 Å². The van der Waals surface area contributed by atoms with E-state index >= 15 is 0 Å². The van der Waals surface area contributed by atoms with Gasteiger partial charge in [0.2, 0.25) is 0 Å². The fraction of sp³-hybridized carbons (Fsp3) is 0.533. The summed E-state index contributed by atoms with van der Waals surface area (Å²) in [4.78, 5) is 29.4. The number of piperidine rings is 1. The van der Waals surface area contributed by atoms with E-state index in [0.717, 1.165) is 25.9 Å². The third-order valence-corrected chi connectivity index (χ3v) is 3.54. The Balaban J connectivity index is 1.92. The third-order valence-electron chi connectivity index (χ3n) is 3.54. The van der Waals surface area contributed by atoms with Gasteiger partial charge in [-0.05, 0) is 31.5 Å². The van der Waals surface area contributed by atoms with Gasteiger partial charge in [-0.3, -0.25) is 9.78 Å². The fourth-order valence-electron chi connectivity index (χ4n) is 2.28. The van der Waals surface area contributed by atoms with Gasteiger partial charge in [0.15, 0.2) is 0 Å². The molecule has 0 radical (unpaired) electrons. The summed E-state index contributed by atoms with van der Waals surface area (Å²) in [6, 6.07) is 3.38. The standard InChI is InChI=1S/C15H23N5O2/c1-20(2)15(22)18-10-13-8-11(5-7-17-13)14(21)19-12-4-3-6-16-9-12/h5,7-8,12,16H,3-4,6,9-10H2,1-2H3,(H,18,22)(H,19,21). The molecule has 1 unspecified atom stereocenters. The van der Waals surface area contributed by atoms with E-state index in [1.165, 1.54) is 4.90 Å². The maximum Gasteiger partial charge on any atom is 0.317 e. The lowest BCUT2D eigenvalue weighted by Crippen LogP contribution is -2.45. The number of hydrogen-bond donors (Lipinski definition) is 3. The van der Waals surface area contributed by atoms with Gasteiger partial charge in [-0.1, -0.05) is 0 Å². The Bertz CT molecular complexity index is 526. The van der Waals surface area contributed by atoms with Crippen molar-refractivity contribution < 1.29 is 9.59 Å². The van der Waals surface area contributed by atoms with E-state index in [-0.39, 0.29) is 18.0 Å². The average molecular weight is 305 g/mol. The molecule has 1 atom stereocenters. The molecule has 1 aliphatic rings. The van der Waals surface area contributed by atoms with Gasteiger partial charge < -0.3 is 20.9 Å². The topological polar surface area (TPSA) is 86.4 Å². The second-order valence-corrected chi connectivity index (χ2v) is 5.61. The van der Waals surface area contributed by atoms with Crippen LogP contribution in [0.3, 0.4) is 0 Å². The molecule has 3 amide bonds. The summed E-state index contributed by atoms with van der Waals surface area (Å²) in [6.45, 7) is 2.11. The van der Waals surface area contributed by atoms with Crippen molar-refractivity contribution in [2.24, 2.45) is 0 Å². The van der Waals surface area contributed by atoms with Crippen LogP contribution >= 0.6 is 0 Å².